The van der Waals surface area contributed by atoms with Gasteiger partial charge in [0, 0.05) is 17.2 Å². The Hall–Kier alpha value is -2.58. The number of nitrogens with zero attached hydrogens (tertiary/aromatic N) is 2. The van der Waals surface area contributed by atoms with Gasteiger partial charge >= 0.3 is 0 Å². The van der Waals surface area contributed by atoms with Gasteiger partial charge in [-0.2, -0.15) is 0 Å². The number of aromatic hydroxyl groups is 1. The van der Waals surface area contributed by atoms with Crippen LogP contribution in [-0.2, 0) is 0 Å². The van der Waals surface area contributed by atoms with Gasteiger partial charge < -0.3 is 10.1 Å². The fourth-order valence-corrected chi connectivity index (χ4v) is 4.40. The largest absolute Gasteiger partial charge is 0.494 e. The molecule has 8 heteroatoms. The van der Waals surface area contributed by atoms with Crippen LogP contribution in [0.1, 0.15) is 49.1 Å². The van der Waals surface area contributed by atoms with Crippen molar-refractivity contribution in [2.45, 2.75) is 38.0 Å². The highest BCUT2D eigenvalue weighted by molar-refractivity contribution is 7.71. The van der Waals surface area contributed by atoms with Crippen LogP contribution in [0.5, 0.6) is 5.88 Å². The first-order valence-corrected chi connectivity index (χ1v) is 10.5. The number of hydrogen-bond donors (Lipinski definition) is 3. The number of hydrogen-bond acceptors (Lipinski definition) is 6. The summed E-state index contributed by atoms with van der Waals surface area (Å²) in [7, 11) is 0. The van der Waals surface area contributed by atoms with Gasteiger partial charge in [-0.3, -0.25) is 9.78 Å². The molecule has 1 aliphatic carbocycles. The molecule has 0 radical (unpaired) electrons. The van der Waals surface area contributed by atoms with E-state index in [4.69, 9.17) is 12.2 Å². The van der Waals surface area contributed by atoms with Gasteiger partial charge in [-0.05, 0) is 36.5 Å². The molecule has 1 aliphatic rings. The van der Waals surface area contributed by atoms with Crippen LogP contribution >= 0.6 is 23.6 Å². The molecule has 0 unspecified atom stereocenters. The second-order valence-corrected chi connectivity index (χ2v) is 8.15. The quantitative estimate of drug-likeness (QED) is 0.412. The highest BCUT2D eigenvalue weighted by Gasteiger charge is 2.15. The Morgan fingerprint density at radius 3 is 2.64 bits per heavy atom. The third-order valence-electron chi connectivity index (χ3n) is 5.04. The molecule has 0 atom stereocenters. The van der Waals surface area contributed by atoms with E-state index >= 15 is 0 Å². The molecule has 0 aliphatic heterocycles. The SMILES string of the molecule is O=c1[nH]c(=S)[nH]c(O)c1/C=N/c1nc(-c2ccc(C3CCCCC3)cc2)cs1. The normalized spacial score (nSPS) is 15.3. The predicted molar refractivity (Wildman–Crippen MR) is 115 cm³/mol. The molecule has 0 amide bonds. The smallest absolute Gasteiger partial charge is 0.264 e. The number of nitrogens with one attached hydrogen (secondary N) is 2. The summed E-state index contributed by atoms with van der Waals surface area (Å²) in [5.74, 6) is 0.370. The van der Waals surface area contributed by atoms with Crippen molar-refractivity contribution in [1.29, 1.82) is 0 Å². The Kier molecular flexibility index (Phi) is 5.50. The van der Waals surface area contributed by atoms with Gasteiger partial charge in [-0.1, -0.05) is 43.5 Å². The summed E-state index contributed by atoms with van der Waals surface area (Å²) in [6.07, 6.45) is 7.86. The highest BCUT2D eigenvalue weighted by atomic mass is 32.1. The van der Waals surface area contributed by atoms with Crippen molar-refractivity contribution in [1.82, 2.24) is 15.0 Å². The number of aromatic amines is 2. The Bertz CT molecular complexity index is 1110. The minimum atomic E-state index is -0.500. The van der Waals surface area contributed by atoms with Crippen LogP contribution in [0, 0.1) is 4.77 Å². The fourth-order valence-electron chi connectivity index (χ4n) is 3.54. The summed E-state index contributed by atoms with van der Waals surface area (Å²) in [5, 5.41) is 12.3. The van der Waals surface area contributed by atoms with Crippen LogP contribution in [0.25, 0.3) is 11.3 Å². The minimum absolute atomic E-state index is 0.0159. The van der Waals surface area contributed by atoms with E-state index < -0.39 is 5.56 Å². The first kappa shape index (κ1) is 18.8. The Morgan fingerprint density at radius 2 is 1.93 bits per heavy atom. The van der Waals surface area contributed by atoms with Gasteiger partial charge in [0.15, 0.2) is 4.77 Å². The standard InChI is InChI=1S/C20H20N4O2S2/c25-17-15(18(26)24-19(27)23-17)10-21-20-22-16(11-28-20)14-8-6-13(7-9-14)12-4-2-1-3-5-12/h6-12H,1-5H2,(H3,23,24,25,26,27)/b21-10+. The highest BCUT2D eigenvalue weighted by Crippen LogP contribution is 2.34. The maximum Gasteiger partial charge on any atom is 0.264 e. The van der Waals surface area contributed by atoms with Gasteiger partial charge in [0.2, 0.25) is 11.0 Å². The molecule has 1 fully saturated rings. The maximum atomic E-state index is 11.9. The number of benzene rings is 1. The first-order chi connectivity index (χ1) is 13.6. The molecule has 0 saturated heterocycles. The van der Waals surface area contributed by atoms with E-state index in [0.717, 1.165) is 11.3 Å². The molecule has 3 aromatic rings. The lowest BCUT2D eigenvalue weighted by atomic mass is 9.84. The Morgan fingerprint density at radius 1 is 1.18 bits per heavy atom. The first-order valence-electron chi connectivity index (χ1n) is 9.25. The van der Waals surface area contributed by atoms with Crippen LogP contribution in [0.3, 0.4) is 0 Å². The van der Waals surface area contributed by atoms with E-state index in [9.17, 15) is 9.90 Å². The molecular weight excluding hydrogens is 392 g/mol. The second-order valence-electron chi connectivity index (χ2n) is 6.90. The number of rotatable bonds is 4. The van der Waals surface area contributed by atoms with Gasteiger partial charge in [0.05, 0.1) is 5.69 Å². The molecule has 1 aromatic carbocycles. The predicted octanol–water partition coefficient (Wildman–Crippen LogP) is 5.06. The molecule has 28 heavy (non-hydrogen) atoms. The third kappa shape index (κ3) is 4.13. The van der Waals surface area contributed by atoms with Crippen molar-refractivity contribution in [2.24, 2.45) is 4.99 Å². The van der Waals surface area contributed by atoms with Crippen LogP contribution < -0.4 is 5.56 Å². The van der Waals surface area contributed by atoms with Crippen molar-refractivity contribution in [3.05, 3.63) is 55.9 Å². The number of H-pyrrole nitrogens is 2. The topological polar surface area (TPSA) is 94.1 Å². The van der Waals surface area contributed by atoms with Crippen molar-refractivity contribution < 1.29 is 5.11 Å². The fraction of sp³-hybridized carbons (Fsp3) is 0.300. The van der Waals surface area contributed by atoms with E-state index in [-0.39, 0.29) is 16.2 Å². The number of aromatic nitrogens is 3. The number of aliphatic imine (C=N–C) groups is 1. The summed E-state index contributed by atoms with van der Waals surface area (Å²) >= 11 is 6.18. The van der Waals surface area contributed by atoms with Crippen LogP contribution in [-0.4, -0.2) is 26.3 Å². The Labute approximate surface area is 171 Å². The molecule has 1 saturated carbocycles. The van der Waals surface area contributed by atoms with Crippen molar-refractivity contribution in [2.75, 3.05) is 0 Å². The minimum Gasteiger partial charge on any atom is -0.494 e. The Balaban J connectivity index is 1.51. The monoisotopic (exact) mass is 412 g/mol. The third-order valence-corrected chi connectivity index (χ3v) is 5.99. The maximum absolute atomic E-state index is 11.9. The van der Waals surface area contributed by atoms with Gasteiger partial charge in [0.25, 0.3) is 5.56 Å². The summed E-state index contributed by atoms with van der Waals surface area (Å²) in [5.41, 5.74) is 2.81. The van der Waals surface area contributed by atoms with Crippen LogP contribution in [0.15, 0.2) is 39.4 Å². The summed E-state index contributed by atoms with van der Waals surface area (Å²) in [4.78, 5) is 25.5. The van der Waals surface area contributed by atoms with Gasteiger partial charge in [-0.15, -0.1) is 11.3 Å². The molecule has 4 rings (SSSR count). The van der Waals surface area contributed by atoms with Crippen molar-refractivity contribution in [3.63, 3.8) is 0 Å². The second kappa shape index (κ2) is 8.20. The lowest BCUT2D eigenvalue weighted by Gasteiger charge is -2.22. The molecule has 0 bridgehead atoms. The molecule has 144 valence electrons. The lowest BCUT2D eigenvalue weighted by molar-refractivity contribution is 0.443. The summed E-state index contributed by atoms with van der Waals surface area (Å²) < 4.78 is 0.0628. The zero-order valence-corrected chi connectivity index (χ0v) is 16.8. The average molecular weight is 413 g/mol. The van der Waals surface area contributed by atoms with E-state index in [1.807, 2.05) is 5.38 Å². The number of thiazole rings is 1. The van der Waals surface area contributed by atoms with E-state index in [1.54, 1.807) is 0 Å². The molecule has 3 N–H and O–H groups in total. The zero-order chi connectivity index (χ0) is 19.5. The van der Waals surface area contributed by atoms with E-state index in [0.29, 0.717) is 11.0 Å². The van der Waals surface area contributed by atoms with Crippen LogP contribution in [0.2, 0.25) is 0 Å². The molecule has 2 heterocycles. The molecule has 6 nitrogen and oxygen atoms in total. The van der Waals surface area contributed by atoms with Crippen LogP contribution in [0.4, 0.5) is 5.13 Å². The van der Waals surface area contributed by atoms with E-state index in [2.05, 4.69) is 44.2 Å². The van der Waals surface area contributed by atoms with Crippen molar-refractivity contribution in [3.8, 4) is 17.1 Å². The average Bonchev–Trinajstić information content (AvgIpc) is 3.17. The zero-order valence-electron chi connectivity index (χ0n) is 15.1. The summed E-state index contributed by atoms with van der Waals surface area (Å²) in [6.45, 7) is 0. The lowest BCUT2D eigenvalue weighted by Crippen LogP contribution is -2.13. The molecule has 0 spiro atoms. The van der Waals surface area contributed by atoms with E-state index in [1.165, 1.54) is 55.2 Å². The molecular formula is C20H20N4O2S2. The van der Waals surface area contributed by atoms with Gasteiger partial charge in [0.1, 0.15) is 5.56 Å². The summed E-state index contributed by atoms with van der Waals surface area (Å²) in [6, 6.07) is 8.63. The van der Waals surface area contributed by atoms with Gasteiger partial charge in [-0.25, -0.2) is 9.98 Å². The van der Waals surface area contributed by atoms with Crippen molar-refractivity contribution >= 4 is 34.9 Å². The molecule has 2 aromatic heterocycles.